The lowest BCUT2D eigenvalue weighted by Crippen LogP contribution is -2.36. The molecule has 2 N–H and O–H groups in total. The number of hydrogen-bond donors (Lipinski definition) is 2. The molecule has 156 valence electrons. The van der Waals surface area contributed by atoms with Crippen molar-refractivity contribution in [1.29, 1.82) is 0 Å². The van der Waals surface area contributed by atoms with Crippen LogP contribution in [-0.4, -0.2) is 53.9 Å². The van der Waals surface area contributed by atoms with Crippen LogP contribution in [0.15, 0.2) is 48.5 Å². The van der Waals surface area contributed by atoms with Gasteiger partial charge in [-0.1, -0.05) is 35.4 Å². The summed E-state index contributed by atoms with van der Waals surface area (Å²) in [6.45, 7) is 4.62. The molecule has 0 fully saturated rings. The van der Waals surface area contributed by atoms with E-state index in [1.54, 1.807) is 48.5 Å². The number of ether oxygens (including phenoxy) is 3. The molecule has 7 heteroatoms. The van der Waals surface area contributed by atoms with Gasteiger partial charge in [0.15, 0.2) is 6.29 Å². The van der Waals surface area contributed by atoms with Gasteiger partial charge in [-0.2, -0.15) is 0 Å². The van der Waals surface area contributed by atoms with Gasteiger partial charge in [-0.3, -0.25) is 0 Å². The number of aryl methyl sites for hydroxylation is 2. The molecule has 29 heavy (non-hydrogen) atoms. The Bertz CT molecular complexity index is 735. The Morgan fingerprint density at radius 2 is 1.17 bits per heavy atom. The van der Waals surface area contributed by atoms with Crippen molar-refractivity contribution in [2.45, 2.75) is 39.3 Å². The minimum atomic E-state index is -1.52. The summed E-state index contributed by atoms with van der Waals surface area (Å²) in [5.74, 6) is -1.15. The van der Waals surface area contributed by atoms with Gasteiger partial charge in [0.25, 0.3) is 0 Å². The normalized spacial score (nSPS) is 13.0. The maximum atomic E-state index is 12.2. The Labute approximate surface area is 169 Å². The summed E-state index contributed by atoms with van der Waals surface area (Å²) in [6, 6.07) is 13.7. The molecule has 0 aliphatic carbocycles. The van der Waals surface area contributed by atoms with Gasteiger partial charge >= 0.3 is 11.9 Å². The molecule has 0 heterocycles. The number of esters is 2. The summed E-state index contributed by atoms with van der Waals surface area (Å²) in [4.78, 5) is 24.3. The minimum absolute atomic E-state index is 0.266. The molecular weight excluding hydrogens is 376 g/mol. The van der Waals surface area contributed by atoms with Crippen molar-refractivity contribution in [1.82, 2.24) is 0 Å². The predicted molar refractivity (Wildman–Crippen MR) is 105 cm³/mol. The third-order valence-corrected chi connectivity index (χ3v) is 4.12. The molecule has 7 nitrogen and oxygen atoms in total. The second kappa shape index (κ2) is 10.7. The summed E-state index contributed by atoms with van der Waals surface area (Å²) in [6.07, 6.45) is -3.64. The molecule has 0 radical (unpaired) electrons. The van der Waals surface area contributed by atoms with E-state index in [4.69, 9.17) is 14.2 Å². The van der Waals surface area contributed by atoms with E-state index < -0.39 is 30.4 Å². The molecule has 0 aliphatic heterocycles. The van der Waals surface area contributed by atoms with E-state index in [1.165, 1.54) is 6.92 Å². The first-order valence-corrected chi connectivity index (χ1v) is 9.25. The second-order valence-corrected chi connectivity index (χ2v) is 6.82. The standard InChI is InChI=1S/C22H26O7/c1-14-4-8-17(9-5-14)21(25)27-12-19(29-20(24)16(3)23)13-28-22(26)18-10-6-15(2)7-11-18/h4-11,16,19-20,23-24H,12-13H2,1-3H3/t16-,20?/m0/s1. The molecule has 1 unspecified atom stereocenters. The summed E-state index contributed by atoms with van der Waals surface area (Å²) >= 11 is 0. The lowest BCUT2D eigenvalue weighted by Gasteiger charge is -2.23. The van der Waals surface area contributed by atoms with E-state index in [1.807, 2.05) is 13.8 Å². The number of aliphatic hydroxyl groups excluding tert-OH is 2. The van der Waals surface area contributed by atoms with Gasteiger partial charge in [-0.25, -0.2) is 9.59 Å². The fourth-order valence-electron chi connectivity index (χ4n) is 2.32. The van der Waals surface area contributed by atoms with Crippen LogP contribution in [0.4, 0.5) is 0 Å². The zero-order chi connectivity index (χ0) is 21.4. The Hall–Kier alpha value is -2.74. The van der Waals surface area contributed by atoms with Crippen LogP contribution in [0.25, 0.3) is 0 Å². The summed E-state index contributed by atoms with van der Waals surface area (Å²) in [7, 11) is 0. The molecule has 0 bridgehead atoms. The largest absolute Gasteiger partial charge is 0.459 e. The van der Waals surface area contributed by atoms with Crippen molar-refractivity contribution >= 4 is 11.9 Å². The summed E-state index contributed by atoms with van der Waals surface area (Å²) < 4.78 is 15.7. The maximum Gasteiger partial charge on any atom is 0.338 e. The van der Waals surface area contributed by atoms with E-state index in [0.717, 1.165) is 11.1 Å². The highest BCUT2D eigenvalue weighted by Crippen LogP contribution is 2.10. The number of hydrogen-bond acceptors (Lipinski definition) is 7. The SMILES string of the molecule is Cc1ccc(C(=O)OCC(COC(=O)c2ccc(C)cc2)OC(O)[C@H](C)O)cc1. The highest BCUT2D eigenvalue weighted by atomic mass is 16.7. The van der Waals surface area contributed by atoms with Gasteiger partial charge in [0.2, 0.25) is 0 Å². The van der Waals surface area contributed by atoms with E-state index in [-0.39, 0.29) is 13.2 Å². The van der Waals surface area contributed by atoms with Gasteiger partial charge < -0.3 is 24.4 Å². The van der Waals surface area contributed by atoms with Crippen LogP contribution in [0, 0.1) is 13.8 Å². The maximum absolute atomic E-state index is 12.2. The third kappa shape index (κ3) is 7.30. The lowest BCUT2D eigenvalue weighted by atomic mass is 10.1. The quantitative estimate of drug-likeness (QED) is 0.490. The van der Waals surface area contributed by atoms with Crippen LogP contribution in [0.1, 0.15) is 38.8 Å². The van der Waals surface area contributed by atoms with E-state index in [2.05, 4.69) is 0 Å². The first-order valence-electron chi connectivity index (χ1n) is 9.25. The lowest BCUT2D eigenvalue weighted by molar-refractivity contribution is -0.197. The zero-order valence-electron chi connectivity index (χ0n) is 16.7. The Morgan fingerprint density at radius 1 is 0.793 bits per heavy atom. The molecule has 0 saturated heterocycles. The molecular formula is C22H26O7. The first kappa shape index (κ1) is 22.5. The topological polar surface area (TPSA) is 102 Å². The molecule has 0 amide bonds. The van der Waals surface area contributed by atoms with Crippen molar-refractivity contribution in [2.24, 2.45) is 0 Å². The average molecular weight is 402 g/mol. The Kier molecular flexibility index (Phi) is 8.33. The van der Waals surface area contributed by atoms with Crippen molar-refractivity contribution in [3.63, 3.8) is 0 Å². The van der Waals surface area contributed by atoms with Gasteiger partial charge in [0.1, 0.15) is 25.4 Å². The molecule has 0 saturated carbocycles. The van der Waals surface area contributed by atoms with Crippen LogP contribution in [0.5, 0.6) is 0 Å². The predicted octanol–water partition coefficient (Wildman–Crippen LogP) is 2.40. The van der Waals surface area contributed by atoms with E-state index >= 15 is 0 Å². The summed E-state index contributed by atoms with van der Waals surface area (Å²) in [5, 5.41) is 19.2. The second-order valence-electron chi connectivity index (χ2n) is 6.82. The zero-order valence-corrected chi connectivity index (χ0v) is 16.7. The Morgan fingerprint density at radius 3 is 1.52 bits per heavy atom. The number of carbonyl (C=O) groups is 2. The third-order valence-electron chi connectivity index (χ3n) is 4.12. The van der Waals surface area contributed by atoms with Crippen LogP contribution in [0.3, 0.4) is 0 Å². The smallest absolute Gasteiger partial charge is 0.338 e. The Balaban J connectivity index is 1.96. The van der Waals surface area contributed by atoms with Gasteiger partial charge in [-0.15, -0.1) is 0 Å². The fraction of sp³-hybridized carbons (Fsp3) is 0.364. The van der Waals surface area contributed by atoms with Crippen molar-refractivity contribution in [2.75, 3.05) is 13.2 Å². The highest BCUT2D eigenvalue weighted by Gasteiger charge is 2.22. The van der Waals surface area contributed by atoms with Crippen LogP contribution in [-0.2, 0) is 14.2 Å². The number of carbonyl (C=O) groups excluding carboxylic acids is 2. The molecule has 0 aromatic heterocycles. The highest BCUT2D eigenvalue weighted by molar-refractivity contribution is 5.90. The number of benzene rings is 2. The van der Waals surface area contributed by atoms with Gasteiger partial charge in [0, 0.05) is 0 Å². The number of aliphatic hydroxyl groups is 2. The summed E-state index contributed by atoms with van der Waals surface area (Å²) in [5.41, 5.74) is 2.74. The van der Waals surface area contributed by atoms with E-state index in [0.29, 0.717) is 11.1 Å². The molecule has 0 spiro atoms. The van der Waals surface area contributed by atoms with Crippen molar-refractivity contribution in [3.8, 4) is 0 Å². The average Bonchev–Trinajstić information content (AvgIpc) is 2.70. The van der Waals surface area contributed by atoms with Crippen LogP contribution in [0.2, 0.25) is 0 Å². The van der Waals surface area contributed by atoms with Crippen molar-refractivity contribution < 1.29 is 34.0 Å². The molecule has 2 aromatic carbocycles. The molecule has 2 rings (SSSR count). The minimum Gasteiger partial charge on any atom is -0.459 e. The monoisotopic (exact) mass is 402 g/mol. The first-order chi connectivity index (χ1) is 13.8. The number of rotatable bonds is 9. The molecule has 2 atom stereocenters. The van der Waals surface area contributed by atoms with Gasteiger partial charge in [0.05, 0.1) is 11.1 Å². The molecule has 2 aromatic rings. The van der Waals surface area contributed by atoms with Gasteiger partial charge in [-0.05, 0) is 45.0 Å². The fourth-order valence-corrected chi connectivity index (χ4v) is 2.32. The van der Waals surface area contributed by atoms with Crippen LogP contribution >= 0.6 is 0 Å². The molecule has 0 aliphatic rings. The van der Waals surface area contributed by atoms with Crippen molar-refractivity contribution in [3.05, 3.63) is 70.8 Å². The van der Waals surface area contributed by atoms with E-state index in [9.17, 15) is 19.8 Å². The van der Waals surface area contributed by atoms with Crippen LogP contribution < -0.4 is 0 Å².